The van der Waals surface area contributed by atoms with Crippen LogP contribution in [0.2, 0.25) is 0 Å². The van der Waals surface area contributed by atoms with Crippen LogP contribution < -0.4 is 5.32 Å². The van der Waals surface area contributed by atoms with E-state index in [1.165, 1.54) is 0 Å². The number of benzene rings is 1. The van der Waals surface area contributed by atoms with Gasteiger partial charge < -0.3 is 5.32 Å². The van der Waals surface area contributed by atoms with Crippen LogP contribution in [0, 0.1) is 10.1 Å². The molecule has 0 aliphatic carbocycles. The number of hydrogen-bond donors (Lipinski definition) is 1. The molecule has 18 heavy (non-hydrogen) atoms. The summed E-state index contributed by atoms with van der Waals surface area (Å²) in [6, 6.07) is 1.22. The summed E-state index contributed by atoms with van der Waals surface area (Å²) in [5.41, 5.74) is -2.29. The lowest BCUT2D eigenvalue weighted by molar-refractivity contribution is -0.384. The SMILES string of the molecule is CC(=O)Nc1cc(Br)c(C(F)(F)F)cc1[N+](=O)[O-]. The van der Waals surface area contributed by atoms with E-state index in [0.717, 1.165) is 13.0 Å². The lowest BCUT2D eigenvalue weighted by atomic mass is 10.1. The van der Waals surface area contributed by atoms with Crippen molar-refractivity contribution >= 4 is 33.2 Å². The second-order valence-corrected chi connectivity index (χ2v) is 4.14. The van der Waals surface area contributed by atoms with Gasteiger partial charge in [-0.1, -0.05) is 15.9 Å². The maximum atomic E-state index is 12.5. The number of alkyl halides is 3. The van der Waals surface area contributed by atoms with Gasteiger partial charge in [0, 0.05) is 17.5 Å². The van der Waals surface area contributed by atoms with Gasteiger partial charge >= 0.3 is 6.18 Å². The third-order valence-electron chi connectivity index (χ3n) is 1.90. The number of carbonyl (C=O) groups excluding carboxylic acids is 1. The van der Waals surface area contributed by atoms with Gasteiger partial charge in [0.25, 0.3) is 5.69 Å². The van der Waals surface area contributed by atoms with Gasteiger partial charge in [-0.05, 0) is 6.07 Å². The van der Waals surface area contributed by atoms with Crippen LogP contribution in [0.25, 0.3) is 0 Å². The van der Waals surface area contributed by atoms with Crippen LogP contribution in [-0.4, -0.2) is 10.8 Å². The standard InChI is InChI=1S/C9H6BrF3N2O3/c1-4(16)14-7-3-6(10)5(9(11,12)13)2-8(7)15(17)18/h2-3H,1H3,(H,14,16). The molecular weight excluding hydrogens is 321 g/mol. The summed E-state index contributed by atoms with van der Waals surface area (Å²) in [5.74, 6) is -0.621. The van der Waals surface area contributed by atoms with E-state index >= 15 is 0 Å². The van der Waals surface area contributed by atoms with Crippen molar-refractivity contribution in [2.45, 2.75) is 13.1 Å². The minimum Gasteiger partial charge on any atom is -0.321 e. The first-order valence-electron chi connectivity index (χ1n) is 4.45. The van der Waals surface area contributed by atoms with Crippen molar-refractivity contribution in [1.82, 2.24) is 0 Å². The summed E-state index contributed by atoms with van der Waals surface area (Å²) in [7, 11) is 0. The zero-order valence-corrected chi connectivity index (χ0v) is 10.4. The summed E-state index contributed by atoms with van der Waals surface area (Å²) in [5, 5.41) is 12.8. The molecule has 0 saturated carbocycles. The Bertz CT molecular complexity index is 517. The van der Waals surface area contributed by atoms with Crippen LogP contribution in [0.4, 0.5) is 24.5 Å². The molecule has 0 fully saturated rings. The minimum atomic E-state index is -4.72. The Kier molecular flexibility index (Phi) is 3.95. The molecule has 0 unspecified atom stereocenters. The second-order valence-electron chi connectivity index (χ2n) is 3.29. The third-order valence-corrected chi connectivity index (χ3v) is 2.55. The Labute approximate surface area is 107 Å². The number of nitro benzene ring substituents is 1. The Morgan fingerprint density at radius 2 is 2.00 bits per heavy atom. The van der Waals surface area contributed by atoms with Crippen LogP contribution in [0.5, 0.6) is 0 Å². The van der Waals surface area contributed by atoms with Crippen molar-refractivity contribution in [3.63, 3.8) is 0 Å². The molecule has 0 saturated heterocycles. The van der Waals surface area contributed by atoms with Crippen molar-refractivity contribution in [1.29, 1.82) is 0 Å². The molecule has 0 spiro atoms. The van der Waals surface area contributed by atoms with E-state index in [-0.39, 0.29) is 10.2 Å². The number of rotatable bonds is 2. The molecule has 1 aromatic rings. The first-order chi connectivity index (χ1) is 8.12. The van der Waals surface area contributed by atoms with E-state index in [4.69, 9.17) is 0 Å². The number of amides is 1. The molecule has 1 rings (SSSR count). The summed E-state index contributed by atoms with van der Waals surface area (Å²) in [6.45, 7) is 1.09. The fraction of sp³-hybridized carbons (Fsp3) is 0.222. The minimum absolute atomic E-state index is 0.299. The summed E-state index contributed by atoms with van der Waals surface area (Å²) in [4.78, 5) is 20.5. The Morgan fingerprint density at radius 1 is 1.44 bits per heavy atom. The molecular formula is C9H6BrF3N2O3. The van der Waals surface area contributed by atoms with Crippen molar-refractivity contribution in [3.8, 4) is 0 Å². The van der Waals surface area contributed by atoms with Crippen LogP contribution in [0.15, 0.2) is 16.6 Å². The van der Waals surface area contributed by atoms with Crippen LogP contribution in [0.1, 0.15) is 12.5 Å². The zero-order valence-electron chi connectivity index (χ0n) is 8.84. The number of nitro groups is 1. The number of hydrogen-bond acceptors (Lipinski definition) is 3. The molecule has 1 N–H and O–H groups in total. The summed E-state index contributed by atoms with van der Waals surface area (Å²) < 4.78 is 37.3. The Balaban J connectivity index is 3.44. The van der Waals surface area contributed by atoms with Crippen LogP contribution in [-0.2, 0) is 11.0 Å². The smallest absolute Gasteiger partial charge is 0.321 e. The third kappa shape index (κ3) is 3.19. The van der Waals surface area contributed by atoms with Gasteiger partial charge in [-0.3, -0.25) is 14.9 Å². The van der Waals surface area contributed by atoms with Gasteiger partial charge in [-0.25, -0.2) is 0 Å². The number of anilines is 1. The second kappa shape index (κ2) is 4.92. The molecule has 9 heteroatoms. The van der Waals surface area contributed by atoms with Crippen molar-refractivity contribution in [3.05, 3.63) is 32.3 Å². The van der Waals surface area contributed by atoms with E-state index in [0.29, 0.717) is 6.07 Å². The van der Waals surface area contributed by atoms with Crippen molar-refractivity contribution in [2.24, 2.45) is 0 Å². The van der Waals surface area contributed by atoms with Gasteiger partial charge in [-0.15, -0.1) is 0 Å². The topological polar surface area (TPSA) is 72.2 Å². The molecule has 0 bridgehead atoms. The monoisotopic (exact) mass is 326 g/mol. The number of nitrogens with zero attached hydrogens (tertiary/aromatic N) is 1. The largest absolute Gasteiger partial charge is 0.417 e. The highest BCUT2D eigenvalue weighted by Gasteiger charge is 2.35. The normalized spacial score (nSPS) is 11.2. The van der Waals surface area contributed by atoms with E-state index in [9.17, 15) is 28.1 Å². The van der Waals surface area contributed by atoms with E-state index in [2.05, 4.69) is 21.2 Å². The fourth-order valence-electron chi connectivity index (χ4n) is 1.22. The lowest BCUT2D eigenvalue weighted by Gasteiger charge is -2.11. The van der Waals surface area contributed by atoms with Crippen LogP contribution in [0.3, 0.4) is 0 Å². The molecule has 0 aliphatic heterocycles. The van der Waals surface area contributed by atoms with Gasteiger partial charge in [0.1, 0.15) is 5.69 Å². The summed E-state index contributed by atoms with van der Waals surface area (Å²) in [6.07, 6.45) is -4.72. The lowest BCUT2D eigenvalue weighted by Crippen LogP contribution is -2.11. The highest BCUT2D eigenvalue weighted by atomic mass is 79.9. The maximum absolute atomic E-state index is 12.5. The number of halogens is 4. The molecule has 0 aromatic heterocycles. The fourth-order valence-corrected chi connectivity index (χ4v) is 1.79. The first kappa shape index (κ1) is 14.4. The van der Waals surface area contributed by atoms with Crippen molar-refractivity contribution < 1.29 is 22.9 Å². The van der Waals surface area contributed by atoms with Gasteiger partial charge in [0.2, 0.25) is 5.91 Å². The Hall–Kier alpha value is -1.64. The Morgan fingerprint density at radius 3 is 2.39 bits per heavy atom. The molecule has 0 atom stereocenters. The maximum Gasteiger partial charge on any atom is 0.417 e. The first-order valence-corrected chi connectivity index (χ1v) is 5.25. The number of nitrogens with one attached hydrogen (secondary N) is 1. The highest BCUT2D eigenvalue weighted by molar-refractivity contribution is 9.10. The highest BCUT2D eigenvalue weighted by Crippen LogP contribution is 2.40. The molecule has 1 aromatic carbocycles. The quantitative estimate of drug-likeness (QED) is 0.669. The van der Waals surface area contributed by atoms with Crippen molar-refractivity contribution in [2.75, 3.05) is 5.32 Å². The molecule has 0 heterocycles. The molecule has 0 aliphatic rings. The molecule has 98 valence electrons. The average molecular weight is 327 g/mol. The van der Waals surface area contributed by atoms with Crippen LogP contribution >= 0.6 is 15.9 Å². The van der Waals surface area contributed by atoms with E-state index in [1.807, 2.05) is 0 Å². The van der Waals surface area contributed by atoms with E-state index in [1.54, 1.807) is 0 Å². The number of carbonyl (C=O) groups is 1. The summed E-state index contributed by atoms with van der Waals surface area (Å²) >= 11 is 2.66. The molecule has 5 nitrogen and oxygen atoms in total. The van der Waals surface area contributed by atoms with Gasteiger partial charge in [0.05, 0.1) is 10.5 Å². The average Bonchev–Trinajstić information content (AvgIpc) is 2.13. The zero-order chi connectivity index (χ0) is 14.1. The molecule has 1 amide bonds. The predicted octanol–water partition coefficient (Wildman–Crippen LogP) is 3.33. The van der Waals surface area contributed by atoms with Gasteiger partial charge in [-0.2, -0.15) is 13.2 Å². The van der Waals surface area contributed by atoms with Gasteiger partial charge in [0.15, 0.2) is 0 Å². The van der Waals surface area contributed by atoms with E-state index < -0.39 is 28.3 Å². The molecule has 0 radical (unpaired) electrons. The predicted molar refractivity (Wildman–Crippen MR) is 60.1 cm³/mol.